The minimum Gasteiger partial charge on any atom is -0.310 e. The Morgan fingerprint density at radius 1 is 0.413 bits per heavy atom. The van der Waals surface area contributed by atoms with Gasteiger partial charge in [0.25, 0.3) is 0 Å². The lowest BCUT2D eigenvalue weighted by molar-refractivity contribution is 0.590. The van der Waals surface area contributed by atoms with Crippen molar-refractivity contribution in [3.8, 4) is 33.4 Å². The first-order chi connectivity index (χ1) is 22.1. The molecule has 0 bridgehead atoms. The fraction of sp³-hybridized carbons (Fsp3) is 0.156. The summed E-state index contributed by atoms with van der Waals surface area (Å²) in [5.41, 5.74) is 16.8. The first-order valence-corrected chi connectivity index (χ1v) is 16.3. The van der Waals surface area contributed by atoms with Gasteiger partial charge in [0.15, 0.2) is 0 Å². The Balaban J connectivity index is 1.18. The molecule has 7 aromatic carbocycles. The van der Waals surface area contributed by atoms with Crippen molar-refractivity contribution in [1.82, 2.24) is 0 Å². The third kappa shape index (κ3) is 4.79. The van der Waals surface area contributed by atoms with Crippen molar-refractivity contribution in [2.45, 2.75) is 47.0 Å². The van der Waals surface area contributed by atoms with Gasteiger partial charge in [-0.3, -0.25) is 0 Å². The summed E-state index contributed by atoms with van der Waals surface area (Å²) in [5.74, 6) is 0. The molecule has 0 saturated heterocycles. The SMILES string of the molecule is Cc1ccc(N(c2ccc3cc4c(cc3c2)-c2cc3ccc(-c5ccc(C(C)(C)C)cc5)cc3cc2-4)c2ccc(C)cc2C)cc1. The molecular formula is C45H39N. The highest BCUT2D eigenvalue weighted by Gasteiger charge is 2.24. The average molecular weight is 594 g/mol. The van der Waals surface area contributed by atoms with E-state index in [0.29, 0.717) is 0 Å². The van der Waals surface area contributed by atoms with Crippen molar-refractivity contribution in [1.29, 1.82) is 0 Å². The number of fused-ring (bicyclic) bond motifs is 6. The molecule has 7 aromatic rings. The second kappa shape index (κ2) is 10.5. The molecule has 46 heavy (non-hydrogen) atoms. The van der Waals surface area contributed by atoms with Crippen LogP contribution in [0.4, 0.5) is 17.1 Å². The predicted molar refractivity (Wildman–Crippen MR) is 199 cm³/mol. The van der Waals surface area contributed by atoms with Crippen molar-refractivity contribution in [2.75, 3.05) is 4.90 Å². The molecule has 1 aliphatic carbocycles. The Morgan fingerprint density at radius 3 is 1.54 bits per heavy atom. The molecule has 8 rings (SSSR count). The number of aryl methyl sites for hydroxylation is 3. The largest absolute Gasteiger partial charge is 0.310 e. The molecule has 1 nitrogen and oxygen atoms in total. The zero-order valence-electron chi connectivity index (χ0n) is 27.6. The normalized spacial score (nSPS) is 12.1. The van der Waals surface area contributed by atoms with Crippen LogP contribution in [0.25, 0.3) is 54.9 Å². The van der Waals surface area contributed by atoms with Gasteiger partial charge in [0.2, 0.25) is 0 Å². The summed E-state index contributed by atoms with van der Waals surface area (Å²) in [5, 5.41) is 5.11. The lowest BCUT2D eigenvalue weighted by Gasteiger charge is -2.29. The summed E-state index contributed by atoms with van der Waals surface area (Å²) in [4.78, 5) is 2.39. The van der Waals surface area contributed by atoms with Crippen LogP contribution in [0, 0.1) is 20.8 Å². The minimum atomic E-state index is 0.157. The van der Waals surface area contributed by atoms with Crippen LogP contribution in [0.2, 0.25) is 0 Å². The highest BCUT2D eigenvalue weighted by atomic mass is 15.1. The molecule has 0 spiro atoms. The first kappa shape index (κ1) is 28.3. The first-order valence-electron chi connectivity index (χ1n) is 16.3. The fourth-order valence-corrected chi connectivity index (χ4v) is 7.07. The van der Waals surface area contributed by atoms with Crippen LogP contribution in [0.15, 0.2) is 127 Å². The summed E-state index contributed by atoms with van der Waals surface area (Å²) in [6.45, 7) is 13.3. The van der Waals surface area contributed by atoms with Crippen LogP contribution in [0.1, 0.15) is 43.0 Å². The Kier molecular flexibility index (Phi) is 6.44. The molecule has 0 aliphatic heterocycles. The molecular weight excluding hydrogens is 555 g/mol. The summed E-state index contributed by atoms with van der Waals surface area (Å²) in [6, 6.07) is 48.0. The van der Waals surface area contributed by atoms with E-state index in [0.717, 1.165) is 0 Å². The van der Waals surface area contributed by atoms with Crippen molar-refractivity contribution in [2.24, 2.45) is 0 Å². The summed E-state index contributed by atoms with van der Waals surface area (Å²) in [6.07, 6.45) is 0. The topological polar surface area (TPSA) is 3.24 Å². The molecule has 0 amide bonds. The van der Waals surface area contributed by atoms with Gasteiger partial charge in [-0.15, -0.1) is 0 Å². The number of anilines is 3. The Labute approximate surface area is 272 Å². The fourth-order valence-electron chi connectivity index (χ4n) is 7.07. The molecule has 0 radical (unpaired) electrons. The van der Waals surface area contributed by atoms with Gasteiger partial charge in [-0.2, -0.15) is 0 Å². The van der Waals surface area contributed by atoms with E-state index >= 15 is 0 Å². The lowest BCUT2D eigenvalue weighted by Crippen LogP contribution is -2.11. The van der Waals surface area contributed by atoms with Crippen LogP contribution in [0.3, 0.4) is 0 Å². The molecule has 0 N–H and O–H groups in total. The quantitative estimate of drug-likeness (QED) is 0.196. The van der Waals surface area contributed by atoms with Gasteiger partial charge in [0.05, 0.1) is 0 Å². The number of hydrogen-bond donors (Lipinski definition) is 0. The van der Waals surface area contributed by atoms with Gasteiger partial charge < -0.3 is 4.90 Å². The van der Waals surface area contributed by atoms with Crippen LogP contribution in [0.5, 0.6) is 0 Å². The average Bonchev–Trinajstić information content (AvgIpc) is 3.04. The van der Waals surface area contributed by atoms with Crippen LogP contribution < -0.4 is 4.90 Å². The van der Waals surface area contributed by atoms with Gasteiger partial charge in [-0.25, -0.2) is 0 Å². The summed E-state index contributed by atoms with van der Waals surface area (Å²) >= 11 is 0. The van der Waals surface area contributed by atoms with E-state index in [1.165, 1.54) is 94.2 Å². The molecule has 0 heterocycles. The number of hydrogen-bond acceptors (Lipinski definition) is 1. The number of rotatable bonds is 4. The second-order valence-electron chi connectivity index (χ2n) is 14.2. The van der Waals surface area contributed by atoms with E-state index in [4.69, 9.17) is 0 Å². The maximum atomic E-state index is 2.39. The highest BCUT2D eigenvalue weighted by Crippen LogP contribution is 2.51. The molecule has 0 atom stereocenters. The van der Waals surface area contributed by atoms with Crippen molar-refractivity contribution >= 4 is 38.6 Å². The van der Waals surface area contributed by atoms with E-state index in [1.54, 1.807) is 0 Å². The van der Waals surface area contributed by atoms with Gasteiger partial charge >= 0.3 is 0 Å². The number of benzene rings is 7. The zero-order chi connectivity index (χ0) is 31.7. The Hall–Kier alpha value is -5.14. The van der Waals surface area contributed by atoms with E-state index in [-0.39, 0.29) is 5.41 Å². The second-order valence-corrected chi connectivity index (χ2v) is 14.2. The molecule has 1 heteroatoms. The van der Waals surface area contributed by atoms with Gasteiger partial charge in [-0.1, -0.05) is 98.6 Å². The van der Waals surface area contributed by atoms with Crippen molar-refractivity contribution in [3.63, 3.8) is 0 Å². The standard InChI is InChI=1S/C45H39N/c1-28-7-17-38(18-8-28)46(44-20-9-29(2)21-30(44)3)39-19-14-34-25-41-42-26-35-22-32(31-12-15-37(16-13-31)45(4,5)6)10-11-33(35)24-40(42)43(41)27-36(34)23-39/h7-27H,1-6H3. The van der Waals surface area contributed by atoms with E-state index < -0.39 is 0 Å². The molecule has 0 unspecified atom stereocenters. The molecule has 1 aliphatic rings. The molecule has 0 fully saturated rings. The number of nitrogens with zero attached hydrogens (tertiary/aromatic N) is 1. The maximum absolute atomic E-state index is 2.39. The third-order valence-corrected chi connectivity index (χ3v) is 9.75. The maximum Gasteiger partial charge on any atom is 0.0490 e. The van der Waals surface area contributed by atoms with Gasteiger partial charge in [0.1, 0.15) is 0 Å². The minimum absolute atomic E-state index is 0.157. The van der Waals surface area contributed by atoms with Crippen molar-refractivity contribution in [3.05, 3.63) is 150 Å². The Bertz CT molecular complexity index is 2300. The van der Waals surface area contributed by atoms with Crippen LogP contribution >= 0.6 is 0 Å². The van der Waals surface area contributed by atoms with Gasteiger partial charge in [0, 0.05) is 17.1 Å². The Morgan fingerprint density at radius 2 is 0.935 bits per heavy atom. The molecule has 0 saturated carbocycles. The zero-order valence-corrected chi connectivity index (χ0v) is 27.6. The summed E-state index contributed by atoms with van der Waals surface area (Å²) in [7, 11) is 0. The smallest absolute Gasteiger partial charge is 0.0490 e. The highest BCUT2D eigenvalue weighted by molar-refractivity contribution is 6.12. The summed E-state index contributed by atoms with van der Waals surface area (Å²) < 4.78 is 0. The molecule has 0 aromatic heterocycles. The van der Waals surface area contributed by atoms with Gasteiger partial charge in [-0.05, 0) is 153 Å². The van der Waals surface area contributed by atoms with E-state index in [9.17, 15) is 0 Å². The monoisotopic (exact) mass is 593 g/mol. The third-order valence-electron chi connectivity index (χ3n) is 9.75. The van der Waals surface area contributed by atoms with Crippen molar-refractivity contribution < 1.29 is 0 Å². The van der Waals surface area contributed by atoms with Crippen LogP contribution in [-0.2, 0) is 5.41 Å². The van der Waals surface area contributed by atoms with E-state index in [1.807, 2.05) is 0 Å². The lowest BCUT2D eigenvalue weighted by atomic mass is 9.77. The van der Waals surface area contributed by atoms with E-state index in [2.05, 4.69) is 174 Å². The molecule has 224 valence electrons. The predicted octanol–water partition coefficient (Wildman–Crippen LogP) is 13.0. The van der Waals surface area contributed by atoms with Crippen LogP contribution in [-0.4, -0.2) is 0 Å².